The Morgan fingerprint density at radius 2 is 1.88 bits per heavy atom. The molecule has 0 aliphatic carbocycles. The molecule has 1 heterocycles. The lowest BCUT2D eigenvalue weighted by molar-refractivity contribution is 0.585. The summed E-state index contributed by atoms with van der Waals surface area (Å²) >= 11 is 0. The third-order valence-corrected chi connectivity index (χ3v) is 2.23. The minimum absolute atomic E-state index is 0.287. The Balaban J connectivity index is 2.33. The number of benzene rings is 1. The van der Waals surface area contributed by atoms with Crippen molar-refractivity contribution in [3.8, 4) is 11.1 Å². The first kappa shape index (κ1) is 11.4. The Bertz CT molecular complexity index is 512. The molecule has 0 bridgehead atoms. The van der Waals surface area contributed by atoms with Gasteiger partial charge in [-0.3, -0.25) is 0 Å². The maximum absolute atomic E-state index is 13.5. The molecule has 1 aromatic carbocycles. The highest BCUT2D eigenvalue weighted by Crippen LogP contribution is 2.22. The monoisotopic (exact) mass is 235 g/mol. The lowest BCUT2D eigenvalue weighted by atomic mass is 10.1. The highest BCUT2D eigenvalue weighted by molar-refractivity contribution is 5.62. The molecule has 2 aromatic rings. The van der Waals surface area contributed by atoms with Crippen molar-refractivity contribution in [2.45, 2.75) is 6.92 Å². The number of halogens is 2. The van der Waals surface area contributed by atoms with Crippen molar-refractivity contribution in [3.63, 3.8) is 0 Å². The van der Waals surface area contributed by atoms with Crippen LogP contribution in [0.4, 0.5) is 14.7 Å². The molecule has 0 saturated carbocycles. The highest BCUT2D eigenvalue weighted by atomic mass is 19.1. The van der Waals surface area contributed by atoms with Gasteiger partial charge in [0.2, 0.25) is 5.95 Å². The molecule has 2 rings (SSSR count). The van der Waals surface area contributed by atoms with Crippen LogP contribution in [0.25, 0.3) is 11.1 Å². The van der Waals surface area contributed by atoms with E-state index in [9.17, 15) is 8.78 Å². The average molecular weight is 235 g/mol. The second-order valence-electron chi connectivity index (χ2n) is 3.45. The number of nitrogens with one attached hydrogen (secondary N) is 1. The fourth-order valence-corrected chi connectivity index (χ4v) is 1.44. The third-order valence-electron chi connectivity index (χ3n) is 2.23. The van der Waals surface area contributed by atoms with Crippen LogP contribution in [-0.2, 0) is 0 Å². The first-order chi connectivity index (χ1) is 8.20. The van der Waals surface area contributed by atoms with E-state index in [1.807, 2.05) is 6.92 Å². The van der Waals surface area contributed by atoms with Gasteiger partial charge in [0.25, 0.3) is 0 Å². The van der Waals surface area contributed by atoms with Crippen LogP contribution in [0.15, 0.2) is 30.6 Å². The van der Waals surface area contributed by atoms with Gasteiger partial charge in [-0.05, 0) is 19.1 Å². The maximum atomic E-state index is 13.5. The zero-order valence-corrected chi connectivity index (χ0v) is 9.24. The Hall–Kier alpha value is -2.04. The van der Waals surface area contributed by atoms with Crippen molar-refractivity contribution < 1.29 is 8.78 Å². The molecule has 0 aliphatic rings. The number of nitrogens with zero attached hydrogens (tertiary/aromatic N) is 2. The Morgan fingerprint density at radius 3 is 2.47 bits per heavy atom. The van der Waals surface area contributed by atoms with E-state index in [-0.39, 0.29) is 5.56 Å². The van der Waals surface area contributed by atoms with Crippen LogP contribution < -0.4 is 5.32 Å². The van der Waals surface area contributed by atoms with E-state index in [0.29, 0.717) is 18.1 Å². The predicted octanol–water partition coefficient (Wildman–Crippen LogP) is 2.85. The van der Waals surface area contributed by atoms with E-state index in [4.69, 9.17) is 0 Å². The summed E-state index contributed by atoms with van der Waals surface area (Å²) in [6.45, 7) is 2.64. The lowest BCUT2D eigenvalue weighted by Crippen LogP contribution is -2.01. The molecule has 0 unspecified atom stereocenters. The SMILES string of the molecule is CCNc1ncc(-c2ccc(F)cc2F)cn1. The van der Waals surface area contributed by atoms with Crippen molar-refractivity contribution in [2.24, 2.45) is 0 Å². The first-order valence-corrected chi connectivity index (χ1v) is 5.22. The Kier molecular flexibility index (Phi) is 3.27. The minimum Gasteiger partial charge on any atom is -0.355 e. The maximum Gasteiger partial charge on any atom is 0.222 e. The fourth-order valence-electron chi connectivity index (χ4n) is 1.44. The number of anilines is 1. The summed E-state index contributed by atoms with van der Waals surface area (Å²) in [5.74, 6) is -0.736. The Labute approximate surface area is 97.5 Å². The number of aromatic nitrogens is 2. The van der Waals surface area contributed by atoms with Crippen LogP contribution >= 0.6 is 0 Å². The van der Waals surface area contributed by atoms with Crippen molar-refractivity contribution in [1.29, 1.82) is 0 Å². The summed E-state index contributed by atoms with van der Waals surface area (Å²) < 4.78 is 26.2. The van der Waals surface area contributed by atoms with Crippen LogP contribution in [-0.4, -0.2) is 16.5 Å². The molecule has 0 amide bonds. The summed E-state index contributed by atoms with van der Waals surface area (Å²) in [6.07, 6.45) is 3.00. The van der Waals surface area contributed by atoms with Crippen molar-refractivity contribution in [3.05, 3.63) is 42.2 Å². The van der Waals surface area contributed by atoms with Gasteiger partial charge >= 0.3 is 0 Å². The standard InChI is InChI=1S/C12H11F2N3/c1-2-15-12-16-6-8(7-17-12)10-4-3-9(13)5-11(10)14/h3-7H,2H2,1H3,(H,15,16,17). The van der Waals surface area contributed by atoms with Gasteiger partial charge in [0, 0.05) is 36.1 Å². The predicted molar refractivity (Wildman–Crippen MR) is 61.5 cm³/mol. The molecular formula is C12H11F2N3. The quantitative estimate of drug-likeness (QED) is 0.888. The van der Waals surface area contributed by atoms with E-state index in [1.165, 1.54) is 24.5 Å². The van der Waals surface area contributed by atoms with Crippen LogP contribution in [0.2, 0.25) is 0 Å². The second kappa shape index (κ2) is 4.86. The van der Waals surface area contributed by atoms with Gasteiger partial charge in [0.15, 0.2) is 0 Å². The van der Waals surface area contributed by atoms with E-state index < -0.39 is 11.6 Å². The zero-order chi connectivity index (χ0) is 12.3. The fraction of sp³-hybridized carbons (Fsp3) is 0.167. The van der Waals surface area contributed by atoms with Crippen molar-refractivity contribution in [2.75, 3.05) is 11.9 Å². The first-order valence-electron chi connectivity index (χ1n) is 5.22. The number of hydrogen-bond acceptors (Lipinski definition) is 3. The summed E-state index contributed by atoms with van der Waals surface area (Å²) in [4.78, 5) is 8.05. The molecule has 1 aromatic heterocycles. The minimum atomic E-state index is -0.621. The molecule has 1 N–H and O–H groups in total. The molecule has 5 heteroatoms. The van der Waals surface area contributed by atoms with E-state index in [2.05, 4.69) is 15.3 Å². The van der Waals surface area contributed by atoms with Gasteiger partial charge in [0.1, 0.15) is 11.6 Å². The highest BCUT2D eigenvalue weighted by Gasteiger charge is 2.07. The van der Waals surface area contributed by atoms with Gasteiger partial charge in [-0.2, -0.15) is 0 Å². The summed E-state index contributed by atoms with van der Waals surface area (Å²) in [5.41, 5.74) is 0.804. The molecule has 88 valence electrons. The van der Waals surface area contributed by atoms with Crippen LogP contribution in [0, 0.1) is 11.6 Å². The van der Waals surface area contributed by atoms with Gasteiger partial charge < -0.3 is 5.32 Å². The van der Waals surface area contributed by atoms with Crippen LogP contribution in [0.5, 0.6) is 0 Å². The van der Waals surface area contributed by atoms with E-state index in [0.717, 1.165) is 6.07 Å². The molecule has 0 saturated heterocycles. The smallest absolute Gasteiger partial charge is 0.222 e. The Morgan fingerprint density at radius 1 is 1.18 bits per heavy atom. The molecule has 3 nitrogen and oxygen atoms in total. The van der Waals surface area contributed by atoms with Gasteiger partial charge in [-0.25, -0.2) is 18.7 Å². The third kappa shape index (κ3) is 2.55. The summed E-state index contributed by atoms with van der Waals surface area (Å²) in [5, 5.41) is 2.93. The molecule has 17 heavy (non-hydrogen) atoms. The molecule has 0 spiro atoms. The normalized spacial score (nSPS) is 10.3. The summed E-state index contributed by atoms with van der Waals surface area (Å²) in [7, 11) is 0. The van der Waals surface area contributed by atoms with Crippen molar-refractivity contribution >= 4 is 5.95 Å². The molecule has 0 radical (unpaired) electrons. The van der Waals surface area contributed by atoms with Crippen LogP contribution in [0.1, 0.15) is 6.92 Å². The van der Waals surface area contributed by atoms with E-state index in [1.54, 1.807) is 0 Å². The molecule has 0 fully saturated rings. The van der Waals surface area contributed by atoms with Crippen LogP contribution in [0.3, 0.4) is 0 Å². The largest absolute Gasteiger partial charge is 0.355 e. The van der Waals surface area contributed by atoms with E-state index >= 15 is 0 Å². The molecule has 0 aliphatic heterocycles. The van der Waals surface area contributed by atoms with Gasteiger partial charge in [-0.1, -0.05) is 0 Å². The lowest BCUT2D eigenvalue weighted by Gasteiger charge is -2.04. The van der Waals surface area contributed by atoms with Crippen molar-refractivity contribution in [1.82, 2.24) is 9.97 Å². The zero-order valence-electron chi connectivity index (χ0n) is 9.24. The van der Waals surface area contributed by atoms with Gasteiger partial charge in [-0.15, -0.1) is 0 Å². The number of rotatable bonds is 3. The average Bonchev–Trinajstić information content (AvgIpc) is 2.31. The topological polar surface area (TPSA) is 37.8 Å². The second-order valence-corrected chi connectivity index (χ2v) is 3.45. The molecular weight excluding hydrogens is 224 g/mol. The molecule has 0 atom stereocenters. The van der Waals surface area contributed by atoms with Gasteiger partial charge in [0.05, 0.1) is 0 Å². The summed E-state index contributed by atoms with van der Waals surface area (Å²) in [6, 6.07) is 3.42. The number of hydrogen-bond donors (Lipinski definition) is 1.